The van der Waals surface area contributed by atoms with Gasteiger partial charge in [0.25, 0.3) is 0 Å². The van der Waals surface area contributed by atoms with Crippen LogP contribution >= 0.6 is 11.3 Å². The smallest absolute Gasteiger partial charge is 0.243 e. The van der Waals surface area contributed by atoms with E-state index in [9.17, 15) is 4.79 Å². The summed E-state index contributed by atoms with van der Waals surface area (Å²) in [6.45, 7) is 2.50. The summed E-state index contributed by atoms with van der Waals surface area (Å²) in [6, 6.07) is 9.46. The Bertz CT molecular complexity index is 502. The van der Waals surface area contributed by atoms with Gasteiger partial charge in [0.2, 0.25) is 4.74 Å². The van der Waals surface area contributed by atoms with Crippen molar-refractivity contribution in [3.8, 4) is 5.06 Å². The van der Waals surface area contributed by atoms with Gasteiger partial charge in [0.05, 0.1) is 6.61 Å². The zero-order valence-electron chi connectivity index (χ0n) is 7.82. The number of benzene rings is 1. The highest BCUT2D eigenvalue weighted by molar-refractivity contribution is 7.11. The van der Waals surface area contributed by atoms with Gasteiger partial charge in [-0.3, -0.25) is 4.79 Å². The molecule has 2 nitrogen and oxygen atoms in total. The highest BCUT2D eigenvalue weighted by Crippen LogP contribution is 2.20. The predicted octanol–water partition coefficient (Wildman–Crippen LogP) is 2.66. The lowest BCUT2D eigenvalue weighted by molar-refractivity contribution is 0.350. The van der Waals surface area contributed by atoms with Crippen LogP contribution in [0.4, 0.5) is 0 Å². The van der Waals surface area contributed by atoms with Crippen LogP contribution < -0.4 is 9.48 Å². The molecule has 14 heavy (non-hydrogen) atoms. The Morgan fingerprint density at radius 2 is 2.14 bits per heavy atom. The maximum Gasteiger partial charge on any atom is 0.243 e. The zero-order chi connectivity index (χ0) is 9.97. The van der Waals surface area contributed by atoms with Gasteiger partial charge in [-0.2, -0.15) is 0 Å². The second-order valence-corrected chi connectivity index (χ2v) is 3.85. The highest BCUT2D eigenvalue weighted by atomic mass is 32.1. The SMILES string of the molecule is CCOc1cc2ccccc2c(=O)s1. The first kappa shape index (κ1) is 9.21. The maximum absolute atomic E-state index is 11.6. The normalized spacial score (nSPS) is 10.4. The predicted molar refractivity (Wildman–Crippen MR) is 59.3 cm³/mol. The van der Waals surface area contributed by atoms with E-state index in [4.69, 9.17) is 4.74 Å². The Hall–Kier alpha value is -1.35. The molecular weight excluding hydrogens is 196 g/mol. The van der Waals surface area contributed by atoms with Gasteiger partial charge in [-0.25, -0.2) is 0 Å². The number of hydrogen-bond donors (Lipinski definition) is 0. The summed E-state index contributed by atoms with van der Waals surface area (Å²) in [6.07, 6.45) is 0. The van der Waals surface area contributed by atoms with E-state index in [-0.39, 0.29) is 4.74 Å². The second kappa shape index (κ2) is 3.80. The lowest BCUT2D eigenvalue weighted by Crippen LogP contribution is -1.97. The first-order chi connectivity index (χ1) is 6.81. The van der Waals surface area contributed by atoms with Gasteiger partial charge in [-0.1, -0.05) is 29.5 Å². The van der Waals surface area contributed by atoms with Crippen molar-refractivity contribution in [3.63, 3.8) is 0 Å². The lowest BCUT2D eigenvalue weighted by Gasteiger charge is -2.02. The first-order valence-corrected chi connectivity index (χ1v) is 5.28. The molecule has 0 amide bonds. The zero-order valence-corrected chi connectivity index (χ0v) is 8.64. The van der Waals surface area contributed by atoms with Gasteiger partial charge < -0.3 is 4.74 Å². The number of rotatable bonds is 2. The van der Waals surface area contributed by atoms with E-state index in [0.717, 1.165) is 22.1 Å². The van der Waals surface area contributed by atoms with Crippen molar-refractivity contribution in [1.82, 2.24) is 0 Å². The summed E-state index contributed by atoms with van der Waals surface area (Å²) in [5, 5.41) is 2.40. The Kier molecular flexibility index (Phi) is 2.50. The lowest BCUT2D eigenvalue weighted by atomic mass is 10.2. The van der Waals surface area contributed by atoms with E-state index in [1.807, 2.05) is 37.3 Å². The van der Waals surface area contributed by atoms with Crippen LogP contribution in [0.5, 0.6) is 5.06 Å². The van der Waals surface area contributed by atoms with Crippen molar-refractivity contribution in [2.45, 2.75) is 6.92 Å². The minimum Gasteiger partial charge on any atom is -0.484 e. The molecule has 3 heteroatoms. The number of hydrogen-bond acceptors (Lipinski definition) is 3. The van der Waals surface area contributed by atoms with Crippen LogP contribution in [-0.4, -0.2) is 6.61 Å². The van der Waals surface area contributed by atoms with Crippen LogP contribution in [0.25, 0.3) is 10.8 Å². The van der Waals surface area contributed by atoms with E-state index >= 15 is 0 Å². The third-order valence-corrected chi connectivity index (χ3v) is 2.78. The van der Waals surface area contributed by atoms with Crippen LogP contribution in [0.1, 0.15) is 6.92 Å². The molecule has 0 spiro atoms. The van der Waals surface area contributed by atoms with Gasteiger partial charge in [-0.05, 0) is 24.4 Å². The number of ether oxygens (including phenoxy) is 1. The van der Waals surface area contributed by atoms with E-state index in [1.165, 1.54) is 0 Å². The van der Waals surface area contributed by atoms with E-state index in [0.29, 0.717) is 11.7 Å². The van der Waals surface area contributed by atoms with Gasteiger partial charge in [0.1, 0.15) is 0 Å². The van der Waals surface area contributed by atoms with Crippen LogP contribution in [-0.2, 0) is 0 Å². The van der Waals surface area contributed by atoms with Crippen LogP contribution in [0, 0.1) is 0 Å². The first-order valence-electron chi connectivity index (χ1n) is 4.47. The van der Waals surface area contributed by atoms with Crippen molar-refractivity contribution < 1.29 is 4.74 Å². The molecule has 0 unspecified atom stereocenters. The molecule has 1 heterocycles. The fourth-order valence-corrected chi connectivity index (χ4v) is 2.17. The van der Waals surface area contributed by atoms with Gasteiger partial charge in [0, 0.05) is 5.39 Å². The van der Waals surface area contributed by atoms with Gasteiger partial charge in [-0.15, -0.1) is 0 Å². The monoisotopic (exact) mass is 206 g/mol. The largest absolute Gasteiger partial charge is 0.484 e. The summed E-state index contributed by atoms with van der Waals surface area (Å²) in [5.74, 6) is 0. The quantitative estimate of drug-likeness (QED) is 0.755. The Morgan fingerprint density at radius 3 is 2.93 bits per heavy atom. The third-order valence-electron chi connectivity index (χ3n) is 1.93. The van der Waals surface area contributed by atoms with E-state index < -0.39 is 0 Å². The molecule has 0 bridgehead atoms. The molecule has 2 rings (SSSR count). The van der Waals surface area contributed by atoms with Crippen molar-refractivity contribution in [3.05, 3.63) is 39.9 Å². The molecule has 0 radical (unpaired) electrons. The second-order valence-electron chi connectivity index (χ2n) is 2.87. The Labute approximate surface area is 85.8 Å². The molecule has 0 atom stereocenters. The summed E-state index contributed by atoms with van der Waals surface area (Å²) in [5.41, 5.74) is 0. The average molecular weight is 206 g/mol. The molecule has 1 aromatic carbocycles. The summed E-state index contributed by atoms with van der Waals surface area (Å²) >= 11 is 1.15. The molecule has 2 aromatic rings. The molecular formula is C11H10O2S. The minimum atomic E-state index is 0.0616. The van der Waals surface area contributed by atoms with Crippen LogP contribution in [0.15, 0.2) is 35.1 Å². The van der Waals surface area contributed by atoms with Crippen molar-refractivity contribution in [2.75, 3.05) is 6.61 Å². The van der Waals surface area contributed by atoms with Crippen molar-refractivity contribution in [1.29, 1.82) is 0 Å². The molecule has 0 aliphatic heterocycles. The summed E-state index contributed by atoms with van der Waals surface area (Å²) < 4.78 is 5.37. The Morgan fingerprint density at radius 1 is 1.36 bits per heavy atom. The maximum atomic E-state index is 11.6. The third kappa shape index (κ3) is 1.63. The molecule has 0 N–H and O–H groups in total. The van der Waals surface area contributed by atoms with Crippen LogP contribution in [0.3, 0.4) is 0 Å². The molecule has 72 valence electrons. The summed E-state index contributed by atoms with van der Waals surface area (Å²) in [4.78, 5) is 11.6. The van der Waals surface area contributed by atoms with Gasteiger partial charge in [0.15, 0.2) is 5.06 Å². The molecule has 0 saturated heterocycles. The number of fused-ring (bicyclic) bond motifs is 1. The van der Waals surface area contributed by atoms with Crippen molar-refractivity contribution >= 4 is 22.1 Å². The van der Waals surface area contributed by atoms with E-state index in [2.05, 4.69) is 0 Å². The molecule has 0 saturated carbocycles. The minimum absolute atomic E-state index is 0.0616. The summed E-state index contributed by atoms with van der Waals surface area (Å²) in [7, 11) is 0. The van der Waals surface area contributed by atoms with Crippen molar-refractivity contribution in [2.24, 2.45) is 0 Å². The molecule has 0 aliphatic carbocycles. The molecule has 0 fully saturated rings. The highest BCUT2D eigenvalue weighted by Gasteiger charge is 2.01. The van der Waals surface area contributed by atoms with Crippen LogP contribution in [0.2, 0.25) is 0 Å². The van der Waals surface area contributed by atoms with Gasteiger partial charge >= 0.3 is 0 Å². The fourth-order valence-electron chi connectivity index (χ4n) is 1.32. The average Bonchev–Trinajstić information content (AvgIpc) is 2.18. The Balaban J connectivity index is 2.66. The molecule has 0 aliphatic rings. The fraction of sp³-hybridized carbons (Fsp3) is 0.182. The molecule has 1 aromatic heterocycles. The van der Waals surface area contributed by atoms with E-state index in [1.54, 1.807) is 0 Å². The standard InChI is InChI=1S/C11H10O2S/c1-2-13-10-7-8-5-3-4-6-9(8)11(12)14-10/h3-7H,2H2,1H3. The topological polar surface area (TPSA) is 26.3 Å².